The van der Waals surface area contributed by atoms with Crippen molar-refractivity contribution in [2.75, 3.05) is 17.2 Å². The summed E-state index contributed by atoms with van der Waals surface area (Å²) in [5.74, 6) is -0.0841. The molecule has 1 amide bonds. The maximum Gasteiger partial charge on any atom is 0.276 e. The van der Waals surface area contributed by atoms with Crippen LogP contribution < -0.4 is 10.6 Å². The van der Waals surface area contributed by atoms with E-state index < -0.39 is 0 Å². The fourth-order valence-electron chi connectivity index (χ4n) is 2.21. The van der Waals surface area contributed by atoms with Crippen molar-refractivity contribution in [1.29, 1.82) is 0 Å². The van der Waals surface area contributed by atoms with E-state index in [9.17, 15) is 4.79 Å². The summed E-state index contributed by atoms with van der Waals surface area (Å²) in [5.41, 5.74) is 9.03. The molecule has 0 saturated heterocycles. The molecule has 3 N–H and O–H groups in total. The van der Waals surface area contributed by atoms with Crippen LogP contribution in [0.2, 0.25) is 0 Å². The molecule has 86 valence electrons. The quantitative estimate of drug-likeness (QED) is 0.720. The third-order valence-corrected chi connectivity index (χ3v) is 3.00. The molecule has 5 heteroatoms. The molecule has 0 saturated carbocycles. The lowest BCUT2D eigenvalue weighted by Crippen LogP contribution is -2.29. The first-order chi connectivity index (χ1) is 8.27. The smallest absolute Gasteiger partial charge is 0.276 e. The fourth-order valence-corrected chi connectivity index (χ4v) is 2.21. The molecule has 5 nitrogen and oxygen atoms in total. The molecule has 2 aromatic rings. The van der Waals surface area contributed by atoms with E-state index in [1.165, 1.54) is 12.5 Å². The van der Waals surface area contributed by atoms with Gasteiger partial charge >= 0.3 is 0 Å². The number of aromatic amines is 1. The van der Waals surface area contributed by atoms with Crippen LogP contribution in [0.5, 0.6) is 0 Å². The highest BCUT2D eigenvalue weighted by molar-refractivity contribution is 6.07. The third-order valence-electron chi connectivity index (χ3n) is 3.00. The van der Waals surface area contributed by atoms with Gasteiger partial charge in [-0.05, 0) is 18.1 Å². The maximum absolute atomic E-state index is 12.2. The summed E-state index contributed by atoms with van der Waals surface area (Å²) in [4.78, 5) is 20.6. The number of nitrogens with zero attached hydrogens (tertiary/aromatic N) is 2. The van der Waals surface area contributed by atoms with Gasteiger partial charge in [0.05, 0.1) is 23.9 Å². The lowest BCUT2D eigenvalue weighted by molar-refractivity contribution is 0.0985. The van der Waals surface area contributed by atoms with E-state index in [0.717, 1.165) is 17.7 Å². The van der Waals surface area contributed by atoms with Gasteiger partial charge in [0.2, 0.25) is 0 Å². The van der Waals surface area contributed by atoms with E-state index in [-0.39, 0.29) is 5.91 Å². The molecule has 1 aromatic carbocycles. The summed E-state index contributed by atoms with van der Waals surface area (Å²) < 4.78 is 0. The monoisotopic (exact) mass is 228 g/mol. The molecular weight excluding hydrogens is 216 g/mol. The van der Waals surface area contributed by atoms with Crippen LogP contribution in [0.3, 0.4) is 0 Å². The fraction of sp³-hybridized carbons (Fsp3) is 0.167. The van der Waals surface area contributed by atoms with Gasteiger partial charge in [0.25, 0.3) is 5.91 Å². The Morgan fingerprint density at radius 3 is 3.12 bits per heavy atom. The van der Waals surface area contributed by atoms with Gasteiger partial charge in [-0.1, -0.05) is 12.1 Å². The van der Waals surface area contributed by atoms with Crippen molar-refractivity contribution in [3.63, 3.8) is 0 Å². The largest absolute Gasteiger partial charge is 0.397 e. The number of para-hydroxylation sites is 1. The highest BCUT2D eigenvalue weighted by atomic mass is 16.2. The van der Waals surface area contributed by atoms with Gasteiger partial charge < -0.3 is 15.6 Å². The minimum atomic E-state index is -0.0841. The molecule has 0 atom stereocenters. The van der Waals surface area contributed by atoms with E-state index in [1.807, 2.05) is 18.2 Å². The van der Waals surface area contributed by atoms with Gasteiger partial charge in [-0.25, -0.2) is 4.98 Å². The topological polar surface area (TPSA) is 75.0 Å². The molecule has 0 fully saturated rings. The molecule has 1 aromatic heterocycles. The Labute approximate surface area is 98.3 Å². The minimum absolute atomic E-state index is 0.0841. The van der Waals surface area contributed by atoms with Gasteiger partial charge in [0.15, 0.2) is 0 Å². The van der Waals surface area contributed by atoms with E-state index in [1.54, 1.807) is 4.90 Å². The number of carbonyl (C=O) groups is 1. The van der Waals surface area contributed by atoms with Crippen LogP contribution in [0, 0.1) is 0 Å². The second kappa shape index (κ2) is 3.62. The Kier molecular flexibility index (Phi) is 2.11. The van der Waals surface area contributed by atoms with Crippen LogP contribution in [0.4, 0.5) is 11.4 Å². The molecule has 1 aliphatic rings. The number of nitrogens with two attached hydrogens (primary N) is 1. The Bertz CT molecular complexity index is 562. The van der Waals surface area contributed by atoms with Crippen molar-refractivity contribution < 1.29 is 4.79 Å². The van der Waals surface area contributed by atoms with Crippen LogP contribution in [-0.2, 0) is 6.42 Å². The minimum Gasteiger partial charge on any atom is -0.397 e. The number of aromatic nitrogens is 2. The van der Waals surface area contributed by atoms with Crippen molar-refractivity contribution >= 4 is 17.3 Å². The summed E-state index contributed by atoms with van der Waals surface area (Å²) in [6, 6.07) is 5.74. The van der Waals surface area contributed by atoms with Crippen molar-refractivity contribution in [2.24, 2.45) is 0 Å². The molecule has 0 unspecified atom stereocenters. The number of imidazole rings is 1. The zero-order valence-electron chi connectivity index (χ0n) is 9.18. The number of amides is 1. The number of hydrogen-bond acceptors (Lipinski definition) is 3. The number of nitrogens with one attached hydrogen (secondary N) is 1. The first-order valence-corrected chi connectivity index (χ1v) is 5.45. The molecule has 0 bridgehead atoms. The summed E-state index contributed by atoms with van der Waals surface area (Å²) >= 11 is 0. The average Bonchev–Trinajstić information content (AvgIpc) is 2.98. The SMILES string of the molecule is Nc1cccc2c1N(C(=O)c1cnc[nH]1)CC2. The molecule has 3 rings (SSSR count). The Morgan fingerprint density at radius 2 is 2.35 bits per heavy atom. The van der Waals surface area contributed by atoms with E-state index in [0.29, 0.717) is 17.9 Å². The van der Waals surface area contributed by atoms with Crippen molar-refractivity contribution in [3.8, 4) is 0 Å². The number of benzene rings is 1. The number of fused-ring (bicyclic) bond motifs is 1. The predicted octanol–water partition coefficient (Wildman–Crippen LogP) is 1.19. The summed E-state index contributed by atoms with van der Waals surface area (Å²) in [6.45, 7) is 0.668. The zero-order valence-corrected chi connectivity index (χ0v) is 9.18. The van der Waals surface area contributed by atoms with E-state index in [4.69, 9.17) is 5.73 Å². The van der Waals surface area contributed by atoms with E-state index >= 15 is 0 Å². The third kappa shape index (κ3) is 1.47. The van der Waals surface area contributed by atoms with Gasteiger partial charge in [-0.2, -0.15) is 0 Å². The van der Waals surface area contributed by atoms with Crippen LogP contribution >= 0.6 is 0 Å². The molecular formula is C12H12N4O. The van der Waals surface area contributed by atoms with Crippen LogP contribution in [0.15, 0.2) is 30.7 Å². The van der Waals surface area contributed by atoms with Gasteiger partial charge in [0.1, 0.15) is 5.69 Å². The molecule has 17 heavy (non-hydrogen) atoms. The summed E-state index contributed by atoms with van der Waals surface area (Å²) in [5, 5.41) is 0. The van der Waals surface area contributed by atoms with Crippen molar-refractivity contribution in [1.82, 2.24) is 9.97 Å². The normalized spacial score (nSPS) is 13.8. The van der Waals surface area contributed by atoms with E-state index in [2.05, 4.69) is 9.97 Å². The molecule has 0 spiro atoms. The number of hydrogen-bond donors (Lipinski definition) is 2. The highest BCUT2D eigenvalue weighted by Crippen LogP contribution is 2.34. The number of anilines is 2. The maximum atomic E-state index is 12.2. The molecule has 2 heterocycles. The van der Waals surface area contributed by atoms with Crippen molar-refractivity contribution in [3.05, 3.63) is 42.0 Å². The summed E-state index contributed by atoms with van der Waals surface area (Å²) in [6.07, 6.45) is 3.87. The Balaban J connectivity index is 2.02. The number of H-pyrrole nitrogens is 1. The lowest BCUT2D eigenvalue weighted by Gasteiger charge is -2.17. The number of nitrogen functional groups attached to an aromatic ring is 1. The van der Waals surface area contributed by atoms with Crippen LogP contribution in [0.25, 0.3) is 0 Å². The second-order valence-corrected chi connectivity index (χ2v) is 4.03. The lowest BCUT2D eigenvalue weighted by atomic mass is 10.1. The standard InChI is InChI=1S/C12H12N4O/c13-9-3-1-2-8-4-5-16(11(8)9)12(17)10-6-14-7-15-10/h1-3,6-7H,4-5,13H2,(H,14,15). The number of rotatable bonds is 1. The Morgan fingerprint density at radius 1 is 1.47 bits per heavy atom. The van der Waals surface area contributed by atoms with Gasteiger partial charge in [-0.15, -0.1) is 0 Å². The zero-order chi connectivity index (χ0) is 11.8. The van der Waals surface area contributed by atoms with Crippen LogP contribution in [0.1, 0.15) is 16.1 Å². The molecule has 0 aliphatic carbocycles. The second-order valence-electron chi connectivity index (χ2n) is 4.03. The van der Waals surface area contributed by atoms with Crippen LogP contribution in [-0.4, -0.2) is 22.4 Å². The van der Waals surface area contributed by atoms with Crippen molar-refractivity contribution in [2.45, 2.75) is 6.42 Å². The summed E-state index contributed by atoms with van der Waals surface area (Å²) in [7, 11) is 0. The predicted molar refractivity (Wildman–Crippen MR) is 64.8 cm³/mol. The Hall–Kier alpha value is -2.30. The molecule has 0 radical (unpaired) electrons. The number of carbonyl (C=O) groups excluding carboxylic acids is 1. The highest BCUT2D eigenvalue weighted by Gasteiger charge is 2.27. The van der Waals surface area contributed by atoms with Gasteiger partial charge in [-0.3, -0.25) is 4.79 Å². The van der Waals surface area contributed by atoms with Gasteiger partial charge in [0, 0.05) is 6.54 Å². The molecule has 1 aliphatic heterocycles. The first-order valence-electron chi connectivity index (χ1n) is 5.45. The average molecular weight is 228 g/mol. The first kappa shape index (κ1) is 9.89.